The molecule has 0 radical (unpaired) electrons. The maximum absolute atomic E-state index is 12.7. The van der Waals surface area contributed by atoms with Crippen LogP contribution < -0.4 is 4.74 Å². The number of ether oxygens (including phenoxy) is 1. The third kappa shape index (κ3) is 4.04. The fourth-order valence-corrected chi connectivity index (χ4v) is 3.23. The molecule has 0 saturated carbocycles. The van der Waals surface area contributed by atoms with Crippen molar-refractivity contribution in [2.24, 2.45) is 0 Å². The Kier molecular flexibility index (Phi) is 5.88. The van der Waals surface area contributed by atoms with E-state index >= 15 is 0 Å². The molecule has 5 nitrogen and oxygen atoms in total. The van der Waals surface area contributed by atoms with E-state index in [1.54, 1.807) is 0 Å². The number of piperazine rings is 1. The van der Waals surface area contributed by atoms with Crippen molar-refractivity contribution >= 4 is 5.91 Å². The summed E-state index contributed by atoms with van der Waals surface area (Å²) >= 11 is 0. The van der Waals surface area contributed by atoms with Gasteiger partial charge in [0, 0.05) is 31.7 Å². The molecule has 1 unspecified atom stereocenters. The van der Waals surface area contributed by atoms with Crippen molar-refractivity contribution in [2.45, 2.75) is 13.0 Å². The molecule has 1 saturated heterocycles. The summed E-state index contributed by atoms with van der Waals surface area (Å²) < 4.78 is 5.42. The Morgan fingerprint density at radius 1 is 1.08 bits per heavy atom. The number of hydrogen-bond donors (Lipinski definition) is 0. The number of nitrogens with zero attached hydrogens (tertiary/aromatic N) is 3. The summed E-state index contributed by atoms with van der Waals surface area (Å²) in [5, 5.41) is 9.57. The van der Waals surface area contributed by atoms with Crippen LogP contribution >= 0.6 is 0 Å². The number of rotatable bonds is 5. The predicted octanol–water partition coefficient (Wildman–Crippen LogP) is 3.11. The smallest absolute Gasteiger partial charge is 0.253 e. The van der Waals surface area contributed by atoms with E-state index in [9.17, 15) is 10.1 Å². The van der Waals surface area contributed by atoms with Gasteiger partial charge in [-0.1, -0.05) is 30.3 Å². The molecule has 0 spiro atoms. The zero-order valence-corrected chi connectivity index (χ0v) is 15.0. The maximum Gasteiger partial charge on any atom is 0.253 e. The molecule has 0 aliphatic carbocycles. The van der Waals surface area contributed by atoms with Gasteiger partial charge in [-0.05, 0) is 36.8 Å². The number of nitriles is 1. The van der Waals surface area contributed by atoms with Crippen LogP contribution in [0.3, 0.4) is 0 Å². The van der Waals surface area contributed by atoms with Crippen LogP contribution in [0.1, 0.15) is 28.9 Å². The van der Waals surface area contributed by atoms with Crippen LogP contribution in [-0.2, 0) is 0 Å². The minimum absolute atomic E-state index is 0.0286. The molecule has 134 valence electrons. The summed E-state index contributed by atoms with van der Waals surface area (Å²) in [6.07, 6.45) is 0. The SMILES string of the molecule is CCOc1ccc(C(=O)N2CCN(C(C#N)c3ccccc3)CC2)cc1. The second kappa shape index (κ2) is 8.50. The van der Waals surface area contributed by atoms with Gasteiger partial charge in [-0.25, -0.2) is 0 Å². The highest BCUT2D eigenvalue weighted by molar-refractivity contribution is 5.94. The highest BCUT2D eigenvalue weighted by Gasteiger charge is 2.27. The Morgan fingerprint density at radius 3 is 2.31 bits per heavy atom. The van der Waals surface area contributed by atoms with Gasteiger partial charge < -0.3 is 9.64 Å². The lowest BCUT2D eigenvalue weighted by Crippen LogP contribution is -2.49. The van der Waals surface area contributed by atoms with Crippen molar-refractivity contribution in [3.63, 3.8) is 0 Å². The average molecular weight is 349 g/mol. The maximum atomic E-state index is 12.7. The van der Waals surface area contributed by atoms with E-state index in [1.165, 1.54) is 0 Å². The van der Waals surface area contributed by atoms with Gasteiger partial charge in [0.15, 0.2) is 0 Å². The predicted molar refractivity (Wildman–Crippen MR) is 99.9 cm³/mol. The van der Waals surface area contributed by atoms with Gasteiger partial charge in [0.1, 0.15) is 11.8 Å². The molecular weight excluding hydrogens is 326 g/mol. The molecule has 1 amide bonds. The first-order valence-corrected chi connectivity index (χ1v) is 8.93. The van der Waals surface area contributed by atoms with E-state index in [2.05, 4.69) is 11.0 Å². The molecule has 2 aromatic carbocycles. The average Bonchev–Trinajstić information content (AvgIpc) is 2.70. The summed E-state index contributed by atoms with van der Waals surface area (Å²) in [5.41, 5.74) is 1.67. The molecule has 0 N–H and O–H groups in total. The van der Waals surface area contributed by atoms with Crippen LogP contribution in [0.5, 0.6) is 5.75 Å². The van der Waals surface area contributed by atoms with Crippen LogP contribution in [0, 0.1) is 11.3 Å². The van der Waals surface area contributed by atoms with Crippen LogP contribution in [0.15, 0.2) is 54.6 Å². The van der Waals surface area contributed by atoms with Gasteiger partial charge in [0.2, 0.25) is 0 Å². The Balaban J connectivity index is 1.61. The number of carbonyl (C=O) groups is 1. The highest BCUT2D eigenvalue weighted by Crippen LogP contribution is 2.22. The topological polar surface area (TPSA) is 56.6 Å². The first-order valence-electron chi connectivity index (χ1n) is 8.93. The van der Waals surface area contributed by atoms with Gasteiger partial charge in [-0.2, -0.15) is 5.26 Å². The fraction of sp³-hybridized carbons (Fsp3) is 0.333. The Hall–Kier alpha value is -2.84. The summed E-state index contributed by atoms with van der Waals surface area (Å²) in [5.74, 6) is 0.800. The van der Waals surface area contributed by atoms with Crippen molar-refractivity contribution in [3.05, 3.63) is 65.7 Å². The normalized spacial score (nSPS) is 15.9. The van der Waals surface area contributed by atoms with Crippen molar-refractivity contribution in [3.8, 4) is 11.8 Å². The number of amides is 1. The lowest BCUT2D eigenvalue weighted by atomic mass is 10.1. The summed E-state index contributed by atoms with van der Waals surface area (Å²) in [4.78, 5) is 16.7. The fourth-order valence-electron chi connectivity index (χ4n) is 3.23. The van der Waals surface area contributed by atoms with Crippen LogP contribution in [0.25, 0.3) is 0 Å². The zero-order valence-electron chi connectivity index (χ0n) is 15.0. The van der Waals surface area contributed by atoms with E-state index < -0.39 is 0 Å². The molecule has 3 rings (SSSR count). The van der Waals surface area contributed by atoms with Crippen molar-refractivity contribution in [1.29, 1.82) is 5.26 Å². The second-order valence-corrected chi connectivity index (χ2v) is 6.23. The lowest BCUT2D eigenvalue weighted by Gasteiger charge is -2.37. The first-order chi connectivity index (χ1) is 12.7. The van der Waals surface area contributed by atoms with Crippen LogP contribution in [0.2, 0.25) is 0 Å². The van der Waals surface area contributed by atoms with Gasteiger partial charge in [-0.3, -0.25) is 9.69 Å². The molecule has 2 aromatic rings. The molecular formula is C21H23N3O2. The molecule has 1 aliphatic rings. The largest absolute Gasteiger partial charge is 0.494 e. The monoisotopic (exact) mass is 349 g/mol. The summed E-state index contributed by atoms with van der Waals surface area (Å²) in [6.45, 7) is 5.17. The molecule has 0 aromatic heterocycles. The molecule has 5 heteroatoms. The van der Waals surface area contributed by atoms with Gasteiger partial charge in [0.05, 0.1) is 12.7 Å². The van der Waals surface area contributed by atoms with Crippen LogP contribution in [0.4, 0.5) is 0 Å². The molecule has 0 bridgehead atoms. The van der Waals surface area contributed by atoms with Crippen molar-refractivity contribution < 1.29 is 9.53 Å². The summed E-state index contributed by atoms with van der Waals surface area (Å²) in [6, 6.07) is 19.2. The molecule has 1 fully saturated rings. The zero-order chi connectivity index (χ0) is 18.4. The van der Waals surface area contributed by atoms with Gasteiger partial charge in [0.25, 0.3) is 5.91 Å². The number of carbonyl (C=O) groups excluding carboxylic acids is 1. The molecule has 1 heterocycles. The first kappa shape index (κ1) is 18.0. The van der Waals surface area contributed by atoms with E-state index in [0.717, 1.165) is 11.3 Å². The van der Waals surface area contributed by atoms with Gasteiger partial charge in [-0.15, -0.1) is 0 Å². The third-order valence-corrected chi connectivity index (χ3v) is 4.62. The molecule has 1 aliphatic heterocycles. The molecule has 1 atom stereocenters. The van der Waals surface area contributed by atoms with E-state index in [1.807, 2.05) is 66.4 Å². The quantitative estimate of drug-likeness (QED) is 0.832. The standard InChI is InChI=1S/C21H23N3O2/c1-2-26-19-10-8-18(9-11-19)21(25)24-14-12-23(13-15-24)20(16-22)17-6-4-3-5-7-17/h3-11,20H,2,12-15H2,1H3. The Bertz CT molecular complexity index is 760. The third-order valence-electron chi connectivity index (χ3n) is 4.62. The minimum Gasteiger partial charge on any atom is -0.494 e. The Morgan fingerprint density at radius 2 is 1.73 bits per heavy atom. The van der Waals surface area contributed by atoms with Crippen molar-refractivity contribution in [1.82, 2.24) is 9.80 Å². The lowest BCUT2D eigenvalue weighted by molar-refractivity contribution is 0.0606. The number of hydrogen-bond acceptors (Lipinski definition) is 4. The van der Waals surface area contributed by atoms with E-state index in [4.69, 9.17) is 4.74 Å². The molecule has 26 heavy (non-hydrogen) atoms. The minimum atomic E-state index is -0.265. The van der Waals surface area contributed by atoms with Crippen LogP contribution in [-0.4, -0.2) is 48.5 Å². The second-order valence-electron chi connectivity index (χ2n) is 6.23. The van der Waals surface area contributed by atoms with E-state index in [0.29, 0.717) is 38.3 Å². The van der Waals surface area contributed by atoms with E-state index in [-0.39, 0.29) is 11.9 Å². The van der Waals surface area contributed by atoms with Gasteiger partial charge >= 0.3 is 0 Å². The number of benzene rings is 2. The highest BCUT2D eigenvalue weighted by atomic mass is 16.5. The summed E-state index contributed by atoms with van der Waals surface area (Å²) in [7, 11) is 0. The Labute approximate surface area is 154 Å². The van der Waals surface area contributed by atoms with Crippen molar-refractivity contribution in [2.75, 3.05) is 32.8 Å².